The van der Waals surface area contributed by atoms with Gasteiger partial charge in [-0.25, -0.2) is 9.78 Å². The van der Waals surface area contributed by atoms with Gasteiger partial charge in [0.2, 0.25) is 0 Å². The van der Waals surface area contributed by atoms with Gasteiger partial charge in [-0.3, -0.25) is 4.98 Å². The van der Waals surface area contributed by atoms with E-state index in [4.69, 9.17) is 16.3 Å². The molecule has 0 unspecified atom stereocenters. The van der Waals surface area contributed by atoms with Crippen LogP contribution in [0.4, 0.5) is 0 Å². The van der Waals surface area contributed by atoms with Crippen LogP contribution >= 0.6 is 11.6 Å². The fourth-order valence-corrected chi connectivity index (χ4v) is 3.07. The topological polar surface area (TPSA) is 56.5 Å². The van der Waals surface area contributed by atoms with Crippen LogP contribution in [0, 0.1) is 0 Å². The molecule has 3 aromatic heterocycles. The second-order valence-electron chi connectivity index (χ2n) is 5.55. The zero-order valence-corrected chi connectivity index (χ0v) is 14.2. The minimum Gasteiger partial charge on any atom is -0.462 e. The minimum atomic E-state index is -0.369. The molecule has 1 aromatic carbocycles. The molecule has 5 nitrogen and oxygen atoms in total. The first-order valence-electron chi connectivity index (χ1n) is 7.86. The van der Waals surface area contributed by atoms with E-state index in [1.165, 1.54) is 0 Å². The smallest absolute Gasteiger partial charge is 0.338 e. The maximum Gasteiger partial charge on any atom is 0.338 e. The van der Waals surface area contributed by atoms with E-state index in [2.05, 4.69) is 9.97 Å². The summed E-state index contributed by atoms with van der Waals surface area (Å²) in [6.07, 6.45) is 5.53. The van der Waals surface area contributed by atoms with E-state index in [9.17, 15) is 4.79 Å². The summed E-state index contributed by atoms with van der Waals surface area (Å²) in [5.74, 6) is -0.369. The molecule has 0 bridgehead atoms. The van der Waals surface area contributed by atoms with Crippen molar-refractivity contribution in [3.8, 4) is 11.1 Å². The molecule has 124 valence electrons. The van der Waals surface area contributed by atoms with Crippen molar-refractivity contribution in [1.29, 1.82) is 0 Å². The maximum absolute atomic E-state index is 11.9. The van der Waals surface area contributed by atoms with E-state index < -0.39 is 0 Å². The van der Waals surface area contributed by atoms with Crippen LogP contribution in [0.25, 0.3) is 27.7 Å². The highest BCUT2D eigenvalue weighted by Gasteiger charge is 2.13. The molecule has 0 radical (unpaired) electrons. The lowest BCUT2D eigenvalue weighted by Gasteiger charge is -2.06. The summed E-state index contributed by atoms with van der Waals surface area (Å²) in [6, 6.07) is 11.1. The van der Waals surface area contributed by atoms with Crippen molar-refractivity contribution in [1.82, 2.24) is 14.4 Å². The maximum atomic E-state index is 11.9. The van der Waals surface area contributed by atoms with E-state index >= 15 is 0 Å². The minimum absolute atomic E-state index is 0.330. The molecular weight excluding hydrogens is 338 g/mol. The van der Waals surface area contributed by atoms with Crippen LogP contribution in [0.15, 0.2) is 55.0 Å². The zero-order chi connectivity index (χ0) is 17.4. The molecule has 0 N–H and O–H groups in total. The second-order valence-corrected chi connectivity index (χ2v) is 5.91. The summed E-state index contributed by atoms with van der Waals surface area (Å²) in [4.78, 5) is 20.5. The standard InChI is InChI=1S/C19H14ClN3O2/c1-2-25-19(24)12-5-6-16-15(8-12)22-18(20)17-9-14(11-23(16)17)13-4-3-7-21-10-13/h3-11H,2H2,1H3. The van der Waals surface area contributed by atoms with E-state index in [-0.39, 0.29) is 5.97 Å². The Bertz CT molecular complexity index is 1090. The fourth-order valence-electron chi connectivity index (χ4n) is 2.83. The number of carbonyl (C=O) groups is 1. The zero-order valence-electron chi connectivity index (χ0n) is 13.4. The van der Waals surface area contributed by atoms with Crippen molar-refractivity contribution in [2.24, 2.45) is 0 Å². The van der Waals surface area contributed by atoms with Crippen molar-refractivity contribution >= 4 is 34.1 Å². The van der Waals surface area contributed by atoms with Gasteiger partial charge in [0.05, 0.1) is 28.7 Å². The van der Waals surface area contributed by atoms with Gasteiger partial charge in [-0.05, 0) is 37.3 Å². The molecule has 0 aliphatic heterocycles. The Morgan fingerprint density at radius 3 is 2.84 bits per heavy atom. The molecule has 4 rings (SSSR count). The number of halogens is 1. The summed E-state index contributed by atoms with van der Waals surface area (Å²) in [5.41, 5.74) is 4.75. The Balaban J connectivity index is 1.91. The van der Waals surface area contributed by atoms with Gasteiger partial charge < -0.3 is 9.14 Å². The van der Waals surface area contributed by atoms with Gasteiger partial charge in [0.15, 0.2) is 5.15 Å². The molecule has 6 heteroatoms. The van der Waals surface area contributed by atoms with Gasteiger partial charge in [0.25, 0.3) is 0 Å². The fraction of sp³-hybridized carbons (Fsp3) is 0.105. The van der Waals surface area contributed by atoms with Crippen LogP contribution < -0.4 is 0 Å². The van der Waals surface area contributed by atoms with Crippen LogP contribution in [0.2, 0.25) is 5.15 Å². The average molecular weight is 352 g/mol. The summed E-state index contributed by atoms with van der Waals surface area (Å²) < 4.78 is 7.02. The lowest BCUT2D eigenvalue weighted by Crippen LogP contribution is -2.05. The quantitative estimate of drug-likeness (QED) is 0.514. The Hall–Kier alpha value is -2.92. The SMILES string of the molecule is CCOC(=O)c1ccc2c(c1)nc(Cl)c1cc(-c3cccnc3)cn12. The van der Waals surface area contributed by atoms with E-state index in [0.29, 0.717) is 22.8 Å². The number of benzene rings is 1. The molecule has 0 fully saturated rings. The number of pyridine rings is 1. The van der Waals surface area contributed by atoms with Crippen LogP contribution in [-0.2, 0) is 4.74 Å². The van der Waals surface area contributed by atoms with Crippen LogP contribution in [0.3, 0.4) is 0 Å². The number of ether oxygens (including phenoxy) is 1. The summed E-state index contributed by atoms with van der Waals surface area (Å²) in [7, 11) is 0. The van der Waals surface area contributed by atoms with Gasteiger partial charge in [-0.1, -0.05) is 17.7 Å². The van der Waals surface area contributed by atoms with Gasteiger partial charge in [-0.2, -0.15) is 0 Å². The number of esters is 1. The third-order valence-corrected chi connectivity index (χ3v) is 4.27. The first kappa shape index (κ1) is 15.6. The monoisotopic (exact) mass is 351 g/mol. The van der Waals surface area contributed by atoms with Crippen LogP contribution in [0.1, 0.15) is 17.3 Å². The number of carbonyl (C=O) groups excluding carboxylic acids is 1. The number of aromatic nitrogens is 3. The lowest BCUT2D eigenvalue weighted by atomic mass is 10.1. The van der Waals surface area contributed by atoms with E-state index in [0.717, 1.165) is 22.2 Å². The Labute approximate surface area is 148 Å². The number of hydrogen-bond donors (Lipinski definition) is 0. The van der Waals surface area contributed by atoms with Gasteiger partial charge in [0.1, 0.15) is 0 Å². The van der Waals surface area contributed by atoms with Crippen molar-refractivity contribution in [3.63, 3.8) is 0 Å². The molecular formula is C19H14ClN3O2. The van der Waals surface area contributed by atoms with Gasteiger partial charge >= 0.3 is 5.97 Å². The lowest BCUT2D eigenvalue weighted by molar-refractivity contribution is 0.0526. The summed E-state index contributed by atoms with van der Waals surface area (Å²) in [5, 5.41) is 0.378. The molecule has 0 amide bonds. The number of nitrogens with zero attached hydrogens (tertiary/aromatic N) is 3. The van der Waals surface area contributed by atoms with E-state index in [1.807, 2.05) is 34.9 Å². The predicted molar refractivity (Wildman–Crippen MR) is 96.9 cm³/mol. The molecule has 3 heterocycles. The van der Waals surface area contributed by atoms with Gasteiger partial charge in [-0.15, -0.1) is 0 Å². The number of rotatable bonds is 3. The molecule has 0 saturated carbocycles. The molecule has 0 saturated heterocycles. The van der Waals surface area contributed by atoms with Crippen LogP contribution in [-0.4, -0.2) is 26.9 Å². The predicted octanol–water partition coefficient (Wildman–Crippen LogP) is 4.38. The van der Waals surface area contributed by atoms with Crippen molar-refractivity contribution in [3.05, 3.63) is 65.7 Å². The third kappa shape index (κ3) is 2.72. The highest BCUT2D eigenvalue weighted by atomic mass is 35.5. The van der Waals surface area contributed by atoms with Gasteiger partial charge in [0, 0.05) is 29.7 Å². The van der Waals surface area contributed by atoms with Crippen molar-refractivity contribution in [2.45, 2.75) is 6.92 Å². The largest absolute Gasteiger partial charge is 0.462 e. The first-order chi connectivity index (χ1) is 12.2. The molecule has 0 atom stereocenters. The molecule has 25 heavy (non-hydrogen) atoms. The average Bonchev–Trinajstić information content (AvgIpc) is 3.08. The van der Waals surface area contributed by atoms with Crippen molar-refractivity contribution < 1.29 is 9.53 Å². The second kappa shape index (κ2) is 6.18. The van der Waals surface area contributed by atoms with Crippen LogP contribution in [0.5, 0.6) is 0 Å². The van der Waals surface area contributed by atoms with Crippen molar-refractivity contribution in [2.75, 3.05) is 6.61 Å². The number of hydrogen-bond acceptors (Lipinski definition) is 4. The normalized spacial score (nSPS) is 11.1. The summed E-state index contributed by atoms with van der Waals surface area (Å²) in [6.45, 7) is 2.10. The molecule has 0 spiro atoms. The van der Waals surface area contributed by atoms with E-state index in [1.54, 1.807) is 31.5 Å². The Kier molecular flexibility index (Phi) is 3.86. The molecule has 0 aliphatic rings. The number of fused-ring (bicyclic) bond motifs is 3. The third-order valence-electron chi connectivity index (χ3n) is 3.99. The molecule has 0 aliphatic carbocycles. The summed E-state index contributed by atoms with van der Waals surface area (Å²) >= 11 is 6.37. The Morgan fingerprint density at radius 2 is 2.08 bits per heavy atom. The highest BCUT2D eigenvalue weighted by Crippen LogP contribution is 2.29. The Morgan fingerprint density at radius 1 is 1.20 bits per heavy atom. The highest BCUT2D eigenvalue weighted by molar-refractivity contribution is 6.33. The first-order valence-corrected chi connectivity index (χ1v) is 8.24. The molecule has 4 aromatic rings.